The summed E-state index contributed by atoms with van der Waals surface area (Å²) in [5, 5.41) is -0.202. The maximum absolute atomic E-state index is 11.8. The Morgan fingerprint density at radius 2 is 2.08 bits per heavy atom. The summed E-state index contributed by atoms with van der Waals surface area (Å²) in [5.74, 6) is 0. The van der Waals surface area contributed by atoms with Gasteiger partial charge in [0.25, 0.3) is 0 Å². The van der Waals surface area contributed by atoms with Crippen LogP contribution in [0.1, 0.15) is 0 Å². The van der Waals surface area contributed by atoms with Gasteiger partial charge in [-0.1, -0.05) is 11.6 Å². The molecule has 6 heteroatoms. The lowest BCUT2D eigenvalue weighted by molar-refractivity contribution is -0.0329. The summed E-state index contributed by atoms with van der Waals surface area (Å²) in [6, 6.07) is 2.84. The number of thioether (sulfide) groups is 1. The van der Waals surface area contributed by atoms with E-state index >= 15 is 0 Å². The summed E-state index contributed by atoms with van der Waals surface area (Å²) >= 11 is 5.13. The highest BCUT2D eigenvalue weighted by molar-refractivity contribution is 8.00. The molecular formula is C6H3ClF3NS. The van der Waals surface area contributed by atoms with E-state index in [1.54, 1.807) is 0 Å². The molecule has 1 rings (SSSR count). The largest absolute Gasteiger partial charge is 0.447 e. The second-order valence-corrected chi connectivity index (χ2v) is 3.30. The molecule has 0 spiro atoms. The molecule has 0 saturated carbocycles. The van der Waals surface area contributed by atoms with Crippen LogP contribution in [0, 0.1) is 0 Å². The molecule has 0 aliphatic carbocycles. The third-order valence-electron chi connectivity index (χ3n) is 0.937. The topological polar surface area (TPSA) is 12.9 Å². The Morgan fingerprint density at radius 3 is 2.58 bits per heavy atom. The minimum absolute atomic E-state index is 0.0137. The van der Waals surface area contributed by atoms with Crippen molar-refractivity contribution >= 4 is 23.4 Å². The highest BCUT2D eigenvalue weighted by atomic mass is 35.5. The van der Waals surface area contributed by atoms with Crippen molar-refractivity contribution in [3.63, 3.8) is 0 Å². The molecule has 0 amide bonds. The molecule has 0 fully saturated rings. The maximum atomic E-state index is 11.8. The SMILES string of the molecule is FC(F)(F)Sc1ncccc1Cl. The zero-order chi connectivity index (χ0) is 9.19. The highest BCUT2D eigenvalue weighted by Crippen LogP contribution is 2.38. The van der Waals surface area contributed by atoms with Gasteiger partial charge in [0.05, 0.1) is 5.02 Å². The van der Waals surface area contributed by atoms with Crippen LogP contribution in [-0.2, 0) is 0 Å². The van der Waals surface area contributed by atoms with Gasteiger partial charge in [0.1, 0.15) is 5.03 Å². The summed E-state index contributed by atoms with van der Waals surface area (Å²) in [4.78, 5) is 3.47. The van der Waals surface area contributed by atoms with Crippen molar-refractivity contribution in [3.05, 3.63) is 23.4 Å². The zero-order valence-corrected chi connectivity index (χ0v) is 7.17. The van der Waals surface area contributed by atoms with Gasteiger partial charge in [-0.3, -0.25) is 0 Å². The molecule has 1 aromatic rings. The fraction of sp³-hybridized carbons (Fsp3) is 0.167. The van der Waals surface area contributed by atoms with Gasteiger partial charge >= 0.3 is 5.51 Å². The van der Waals surface area contributed by atoms with Crippen LogP contribution < -0.4 is 0 Å². The lowest BCUT2D eigenvalue weighted by atomic mass is 10.5. The quantitative estimate of drug-likeness (QED) is 0.664. The van der Waals surface area contributed by atoms with Crippen molar-refractivity contribution in [1.82, 2.24) is 4.98 Å². The van der Waals surface area contributed by atoms with Gasteiger partial charge in [-0.25, -0.2) is 4.98 Å². The van der Waals surface area contributed by atoms with E-state index in [2.05, 4.69) is 4.98 Å². The van der Waals surface area contributed by atoms with Crippen LogP contribution in [0.2, 0.25) is 5.02 Å². The first-order valence-corrected chi connectivity index (χ1v) is 4.05. The van der Waals surface area contributed by atoms with E-state index in [4.69, 9.17) is 11.6 Å². The van der Waals surface area contributed by atoms with E-state index in [0.717, 1.165) is 0 Å². The first-order chi connectivity index (χ1) is 5.49. The lowest BCUT2D eigenvalue weighted by Gasteiger charge is -2.04. The van der Waals surface area contributed by atoms with E-state index in [1.165, 1.54) is 18.3 Å². The second-order valence-electron chi connectivity index (χ2n) is 1.84. The van der Waals surface area contributed by atoms with Crippen LogP contribution in [0.4, 0.5) is 13.2 Å². The van der Waals surface area contributed by atoms with Gasteiger partial charge in [-0.15, -0.1) is 0 Å². The van der Waals surface area contributed by atoms with Crippen molar-refractivity contribution in [2.75, 3.05) is 0 Å². The number of nitrogens with zero attached hydrogens (tertiary/aromatic N) is 1. The van der Waals surface area contributed by atoms with E-state index in [0.29, 0.717) is 0 Å². The molecular weight excluding hydrogens is 211 g/mol. The Labute approximate surface area is 75.9 Å². The second kappa shape index (κ2) is 3.53. The molecule has 12 heavy (non-hydrogen) atoms. The summed E-state index contributed by atoms with van der Waals surface area (Å²) in [6.07, 6.45) is 1.26. The highest BCUT2D eigenvalue weighted by Gasteiger charge is 2.30. The molecule has 0 bridgehead atoms. The monoisotopic (exact) mass is 213 g/mol. The third kappa shape index (κ3) is 2.91. The number of aromatic nitrogens is 1. The van der Waals surface area contributed by atoms with Crippen LogP contribution in [-0.4, -0.2) is 10.5 Å². The van der Waals surface area contributed by atoms with E-state index in [1.807, 2.05) is 0 Å². The average Bonchev–Trinajstić information content (AvgIpc) is 1.91. The molecule has 0 aliphatic heterocycles. The predicted molar refractivity (Wildman–Crippen MR) is 41.2 cm³/mol. The van der Waals surface area contributed by atoms with E-state index in [-0.39, 0.29) is 21.8 Å². The van der Waals surface area contributed by atoms with Crippen molar-refractivity contribution in [1.29, 1.82) is 0 Å². The Kier molecular flexibility index (Phi) is 2.85. The number of hydrogen-bond acceptors (Lipinski definition) is 2. The van der Waals surface area contributed by atoms with Crippen LogP contribution in [0.25, 0.3) is 0 Å². The van der Waals surface area contributed by atoms with Crippen LogP contribution in [0.5, 0.6) is 0 Å². The number of rotatable bonds is 1. The fourth-order valence-electron chi connectivity index (χ4n) is 0.556. The van der Waals surface area contributed by atoms with Crippen molar-refractivity contribution < 1.29 is 13.2 Å². The molecule has 0 atom stereocenters. The summed E-state index contributed by atoms with van der Waals surface area (Å²) < 4.78 is 35.4. The van der Waals surface area contributed by atoms with Gasteiger partial charge in [0.15, 0.2) is 0 Å². The smallest absolute Gasteiger partial charge is 0.248 e. The molecule has 66 valence electrons. The normalized spacial score (nSPS) is 11.7. The number of hydrogen-bond donors (Lipinski definition) is 0. The maximum Gasteiger partial charge on any atom is 0.447 e. The van der Waals surface area contributed by atoms with Crippen LogP contribution in [0.15, 0.2) is 23.4 Å². The molecule has 0 radical (unpaired) electrons. The summed E-state index contributed by atoms with van der Waals surface area (Å²) in [6.45, 7) is 0. The van der Waals surface area contributed by atoms with E-state index < -0.39 is 5.51 Å². The number of alkyl halides is 3. The van der Waals surface area contributed by atoms with Crippen LogP contribution in [0.3, 0.4) is 0 Å². The molecule has 0 N–H and O–H groups in total. The molecule has 0 saturated heterocycles. The first-order valence-electron chi connectivity index (χ1n) is 2.85. The molecule has 0 aromatic carbocycles. The Bertz CT molecular complexity index is 276. The van der Waals surface area contributed by atoms with Crippen molar-refractivity contribution in [2.24, 2.45) is 0 Å². The van der Waals surface area contributed by atoms with Gasteiger partial charge in [0.2, 0.25) is 0 Å². The third-order valence-corrected chi connectivity index (χ3v) is 2.10. The van der Waals surface area contributed by atoms with E-state index in [9.17, 15) is 13.2 Å². The molecule has 0 unspecified atom stereocenters. The Balaban J connectivity index is 2.83. The predicted octanol–water partition coefficient (Wildman–Crippen LogP) is 3.35. The van der Waals surface area contributed by atoms with Gasteiger partial charge in [-0.2, -0.15) is 13.2 Å². The number of pyridine rings is 1. The first kappa shape index (κ1) is 9.67. The molecule has 1 aromatic heterocycles. The molecule has 1 nitrogen and oxygen atoms in total. The van der Waals surface area contributed by atoms with Crippen molar-refractivity contribution in [2.45, 2.75) is 10.5 Å². The minimum atomic E-state index is -4.34. The number of halogens is 4. The van der Waals surface area contributed by atoms with Gasteiger partial charge in [0, 0.05) is 18.0 Å². The minimum Gasteiger partial charge on any atom is -0.248 e. The summed E-state index contributed by atoms with van der Waals surface area (Å²) in [7, 11) is 0. The molecule has 1 heterocycles. The Hall–Kier alpha value is -0.420. The fourth-order valence-corrected chi connectivity index (χ4v) is 1.29. The van der Waals surface area contributed by atoms with Crippen molar-refractivity contribution in [3.8, 4) is 0 Å². The lowest BCUT2D eigenvalue weighted by Crippen LogP contribution is -2.00. The van der Waals surface area contributed by atoms with Gasteiger partial charge < -0.3 is 0 Å². The van der Waals surface area contributed by atoms with Gasteiger partial charge in [-0.05, 0) is 12.1 Å². The summed E-state index contributed by atoms with van der Waals surface area (Å²) in [5.41, 5.74) is -4.34. The average molecular weight is 214 g/mol. The Morgan fingerprint density at radius 1 is 1.42 bits per heavy atom. The standard InChI is InChI=1S/C6H3ClF3NS/c7-4-2-1-3-11-5(4)12-6(8,9)10/h1-3H. The molecule has 0 aliphatic rings. The van der Waals surface area contributed by atoms with Crippen LogP contribution >= 0.6 is 23.4 Å². The zero-order valence-electron chi connectivity index (χ0n) is 5.60.